The fourth-order valence-electron chi connectivity index (χ4n) is 2.75. The summed E-state index contributed by atoms with van der Waals surface area (Å²) < 4.78 is 53.4. The van der Waals surface area contributed by atoms with Gasteiger partial charge in [-0.25, -0.2) is 21.6 Å². The maximum atomic E-state index is 12.9. The second kappa shape index (κ2) is 8.18. The predicted molar refractivity (Wildman–Crippen MR) is 115 cm³/mol. The topological polar surface area (TPSA) is 80.3 Å². The molecule has 0 unspecified atom stereocenters. The zero-order chi connectivity index (χ0) is 21.3. The van der Waals surface area contributed by atoms with Crippen LogP contribution in [0.5, 0.6) is 0 Å². The van der Waals surface area contributed by atoms with Gasteiger partial charge in [0.15, 0.2) is 0 Å². The lowest BCUT2D eigenvalue weighted by Gasteiger charge is -2.24. The van der Waals surface area contributed by atoms with Crippen molar-refractivity contribution in [1.82, 2.24) is 4.72 Å². The first-order valence-electron chi connectivity index (χ1n) is 8.94. The largest absolute Gasteiger partial charge is 0.240 e. The Morgan fingerprint density at radius 1 is 0.964 bits per heavy atom. The molecule has 5 nitrogen and oxygen atoms in total. The second-order valence-corrected chi connectivity index (χ2v) is 13.3. The summed E-state index contributed by atoms with van der Waals surface area (Å²) in [5, 5.41) is 0. The van der Waals surface area contributed by atoms with Gasteiger partial charge in [0.2, 0.25) is 18.9 Å². The summed E-state index contributed by atoms with van der Waals surface area (Å²) in [7, 11) is -6.52. The van der Waals surface area contributed by atoms with Crippen LogP contribution in [0.15, 0.2) is 51.1 Å². The van der Waals surface area contributed by atoms with Crippen molar-refractivity contribution in [3.63, 3.8) is 0 Å². The average molecular weight is 442 g/mol. The molecule has 0 saturated heterocycles. The number of nitrogens with one attached hydrogen (secondary N) is 1. The maximum absolute atomic E-state index is 12.9. The standard InChI is InChI=1S/C20H27NO4S3/c1-7-21-27(22,23)19-13-17(20(4,5)6)18(12-15(19)3)26-28(24,25)16-10-8-14(2)9-11-16/h8-13,21H,7H2,1-6H3. The van der Waals surface area contributed by atoms with Crippen LogP contribution in [0.3, 0.4) is 0 Å². The van der Waals surface area contributed by atoms with E-state index in [2.05, 4.69) is 4.72 Å². The second-order valence-electron chi connectivity index (χ2n) is 7.72. The molecule has 0 atom stereocenters. The van der Waals surface area contributed by atoms with Gasteiger partial charge in [-0.15, -0.1) is 0 Å². The van der Waals surface area contributed by atoms with Gasteiger partial charge >= 0.3 is 0 Å². The number of aryl methyl sites for hydroxylation is 2. The zero-order valence-electron chi connectivity index (χ0n) is 17.0. The molecule has 8 heteroatoms. The number of sulfonamides is 1. The molecule has 0 heterocycles. The first-order chi connectivity index (χ1) is 12.8. The third kappa shape index (κ3) is 5.17. The molecular formula is C20H27NO4S3. The SMILES string of the molecule is CCNS(=O)(=O)c1cc(C(C)(C)C)c(SS(=O)(=O)c2ccc(C)cc2)cc1C. The van der Waals surface area contributed by atoms with E-state index in [1.807, 2.05) is 27.7 Å². The fraction of sp³-hybridized carbons (Fsp3) is 0.400. The van der Waals surface area contributed by atoms with Crippen LogP contribution in [0.25, 0.3) is 0 Å². The molecule has 0 saturated carbocycles. The quantitative estimate of drug-likeness (QED) is 0.673. The van der Waals surface area contributed by atoms with E-state index in [0.717, 1.165) is 16.4 Å². The van der Waals surface area contributed by atoms with E-state index in [1.165, 1.54) is 0 Å². The minimum Gasteiger partial charge on any atom is -0.212 e. The smallest absolute Gasteiger partial charge is 0.212 e. The molecule has 0 fully saturated rings. The van der Waals surface area contributed by atoms with Gasteiger partial charge in [0.05, 0.1) is 9.79 Å². The Hall–Kier alpha value is -1.35. The van der Waals surface area contributed by atoms with Crippen molar-refractivity contribution in [1.29, 1.82) is 0 Å². The van der Waals surface area contributed by atoms with Crippen LogP contribution in [0.4, 0.5) is 0 Å². The highest BCUT2D eigenvalue weighted by atomic mass is 33.1. The summed E-state index contributed by atoms with van der Waals surface area (Å²) in [4.78, 5) is 0.947. The molecule has 28 heavy (non-hydrogen) atoms. The first kappa shape index (κ1) is 22.9. The van der Waals surface area contributed by atoms with Crippen molar-refractivity contribution in [2.45, 2.75) is 61.6 Å². The Morgan fingerprint density at radius 2 is 1.54 bits per heavy atom. The fourth-order valence-corrected chi connectivity index (χ4v) is 7.26. The molecule has 0 aliphatic carbocycles. The van der Waals surface area contributed by atoms with E-state index in [4.69, 9.17) is 0 Å². The summed E-state index contributed by atoms with van der Waals surface area (Å²) in [5.74, 6) is 0. The molecule has 0 amide bonds. The van der Waals surface area contributed by atoms with Crippen LogP contribution in [0.2, 0.25) is 0 Å². The van der Waals surface area contributed by atoms with E-state index in [9.17, 15) is 16.8 Å². The Balaban J connectivity index is 2.61. The first-order valence-corrected chi connectivity index (χ1v) is 13.2. The van der Waals surface area contributed by atoms with Gasteiger partial charge in [0.25, 0.3) is 0 Å². The lowest BCUT2D eigenvalue weighted by Crippen LogP contribution is -2.25. The van der Waals surface area contributed by atoms with Crippen LogP contribution in [-0.4, -0.2) is 23.4 Å². The molecule has 2 aromatic rings. The Bertz CT molecular complexity index is 1070. The summed E-state index contributed by atoms with van der Waals surface area (Å²) in [6, 6.07) is 9.95. The van der Waals surface area contributed by atoms with Gasteiger partial charge in [-0.05, 0) is 54.7 Å². The molecule has 0 aliphatic rings. The van der Waals surface area contributed by atoms with Crippen molar-refractivity contribution in [2.24, 2.45) is 0 Å². The molecule has 0 aliphatic heterocycles. The van der Waals surface area contributed by atoms with Crippen LogP contribution in [-0.2, 0) is 24.3 Å². The summed E-state index contributed by atoms with van der Waals surface area (Å²) >= 11 is 0. The lowest BCUT2D eigenvalue weighted by molar-refractivity contribution is 0.569. The van der Waals surface area contributed by atoms with Crippen molar-refractivity contribution in [2.75, 3.05) is 6.54 Å². The van der Waals surface area contributed by atoms with Gasteiger partial charge < -0.3 is 0 Å². The van der Waals surface area contributed by atoms with Gasteiger partial charge in [-0.1, -0.05) is 45.4 Å². The minimum atomic E-state index is -3.65. The number of rotatable bonds is 6. The molecular weight excluding hydrogens is 414 g/mol. The van der Waals surface area contributed by atoms with Crippen LogP contribution < -0.4 is 4.72 Å². The van der Waals surface area contributed by atoms with Crippen molar-refractivity contribution < 1.29 is 16.8 Å². The average Bonchev–Trinajstić information content (AvgIpc) is 2.53. The van der Waals surface area contributed by atoms with Crippen molar-refractivity contribution >= 4 is 29.7 Å². The highest BCUT2D eigenvalue weighted by molar-refractivity contribution is 8.72. The van der Waals surface area contributed by atoms with Crippen molar-refractivity contribution in [3.8, 4) is 0 Å². The van der Waals surface area contributed by atoms with E-state index >= 15 is 0 Å². The van der Waals surface area contributed by atoms with Gasteiger partial charge in [-0.3, -0.25) is 0 Å². The Kier molecular flexibility index (Phi) is 6.70. The summed E-state index contributed by atoms with van der Waals surface area (Å²) in [6.07, 6.45) is 0. The molecule has 2 aromatic carbocycles. The molecule has 0 radical (unpaired) electrons. The zero-order valence-corrected chi connectivity index (χ0v) is 19.5. The molecule has 154 valence electrons. The Morgan fingerprint density at radius 3 is 2.04 bits per heavy atom. The molecule has 0 bridgehead atoms. The van der Waals surface area contributed by atoms with Crippen LogP contribution in [0, 0.1) is 13.8 Å². The maximum Gasteiger partial charge on any atom is 0.240 e. The van der Waals surface area contributed by atoms with Crippen LogP contribution >= 0.6 is 10.8 Å². The molecule has 0 aromatic heterocycles. The monoisotopic (exact) mass is 441 g/mol. The van der Waals surface area contributed by atoms with Crippen molar-refractivity contribution in [3.05, 3.63) is 53.1 Å². The lowest BCUT2D eigenvalue weighted by atomic mass is 9.86. The van der Waals surface area contributed by atoms with Crippen LogP contribution in [0.1, 0.15) is 44.4 Å². The number of benzene rings is 2. The normalized spacial score (nSPS) is 12.9. The molecule has 1 N–H and O–H groups in total. The van der Waals surface area contributed by atoms with E-state index in [0.29, 0.717) is 16.0 Å². The number of hydrogen-bond acceptors (Lipinski definition) is 5. The molecule has 0 spiro atoms. The van der Waals surface area contributed by atoms with Gasteiger partial charge in [0, 0.05) is 22.2 Å². The third-order valence-electron chi connectivity index (χ3n) is 4.22. The van der Waals surface area contributed by atoms with E-state index < -0.39 is 24.3 Å². The van der Waals surface area contributed by atoms with E-state index in [1.54, 1.807) is 50.2 Å². The molecule has 2 rings (SSSR count). The summed E-state index contributed by atoms with van der Waals surface area (Å²) in [5.41, 5.74) is 1.73. The highest BCUT2D eigenvalue weighted by Crippen LogP contribution is 2.40. The number of hydrogen-bond donors (Lipinski definition) is 1. The van der Waals surface area contributed by atoms with Gasteiger partial charge in [-0.2, -0.15) is 0 Å². The van der Waals surface area contributed by atoms with E-state index in [-0.39, 0.29) is 16.3 Å². The Labute approximate surface area is 172 Å². The van der Waals surface area contributed by atoms with Gasteiger partial charge in [0.1, 0.15) is 0 Å². The minimum absolute atomic E-state index is 0.177. The third-order valence-corrected chi connectivity index (χ3v) is 9.27. The predicted octanol–water partition coefficient (Wildman–Crippen LogP) is 4.38. The summed E-state index contributed by atoms with van der Waals surface area (Å²) in [6.45, 7) is 11.4. The highest BCUT2D eigenvalue weighted by Gasteiger charge is 2.27.